The van der Waals surface area contributed by atoms with E-state index < -0.39 is 0 Å². The molecule has 0 heterocycles. The number of amides is 1. The van der Waals surface area contributed by atoms with Gasteiger partial charge in [-0.15, -0.1) is 0 Å². The Morgan fingerprint density at radius 3 is 2.22 bits per heavy atom. The van der Waals surface area contributed by atoms with E-state index in [1.54, 1.807) is 12.1 Å². The van der Waals surface area contributed by atoms with Crippen LogP contribution in [0, 0.1) is 0 Å². The minimum atomic E-state index is -0.286. The molecule has 100 valence electrons. The van der Waals surface area contributed by atoms with Crippen molar-refractivity contribution >= 4 is 11.9 Å². The number of nitrogens with one attached hydrogen (secondary N) is 1. The molecule has 1 aromatic carbocycles. The Morgan fingerprint density at radius 1 is 1.17 bits per heavy atom. The SMILES string of the molecule is CC(=O)Oc1ccccc1.CCCCNC(C)=O. The number of unbranched alkanes of at least 4 members (excludes halogenated alkanes) is 1. The number of rotatable bonds is 4. The molecule has 18 heavy (non-hydrogen) atoms. The number of carbonyl (C=O) groups is 2. The number of hydrogen-bond donors (Lipinski definition) is 1. The number of esters is 1. The second-order valence-corrected chi connectivity index (χ2v) is 3.74. The Morgan fingerprint density at radius 2 is 1.78 bits per heavy atom. The van der Waals surface area contributed by atoms with Gasteiger partial charge in [-0.3, -0.25) is 9.59 Å². The van der Waals surface area contributed by atoms with Crippen molar-refractivity contribution in [2.24, 2.45) is 0 Å². The van der Waals surface area contributed by atoms with E-state index in [4.69, 9.17) is 4.74 Å². The van der Waals surface area contributed by atoms with Crippen molar-refractivity contribution in [3.05, 3.63) is 30.3 Å². The molecule has 0 saturated heterocycles. The molecule has 0 aromatic heterocycles. The van der Waals surface area contributed by atoms with Crippen LogP contribution in [0.1, 0.15) is 33.6 Å². The molecule has 0 radical (unpaired) electrons. The minimum Gasteiger partial charge on any atom is -0.427 e. The van der Waals surface area contributed by atoms with Gasteiger partial charge in [-0.25, -0.2) is 0 Å². The molecule has 0 aliphatic heterocycles. The van der Waals surface area contributed by atoms with Crippen molar-refractivity contribution in [2.45, 2.75) is 33.6 Å². The van der Waals surface area contributed by atoms with Gasteiger partial charge in [0.25, 0.3) is 0 Å². The van der Waals surface area contributed by atoms with E-state index >= 15 is 0 Å². The van der Waals surface area contributed by atoms with Gasteiger partial charge in [-0.05, 0) is 18.6 Å². The predicted octanol–water partition coefficient (Wildman–Crippen LogP) is 2.53. The first-order valence-corrected chi connectivity index (χ1v) is 6.04. The fraction of sp³-hybridized carbons (Fsp3) is 0.429. The van der Waals surface area contributed by atoms with Crippen LogP contribution in [-0.2, 0) is 9.59 Å². The Hall–Kier alpha value is -1.84. The standard InChI is InChI=1S/C8H8O2.C6H13NO/c1-7(9)10-8-5-3-2-4-6-8;1-3-4-5-7-6(2)8/h2-6H,1H3;3-5H2,1-2H3,(H,7,8). The van der Waals surface area contributed by atoms with Crippen LogP contribution in [0.5, 0.6) is 5.75 Å². The first-order chi connectivity index (χ1) is 8.56. The van der Waals surface area contributed by atoms with Crippen molar-refractivity contribution in [1.29, 1.82) is 0 Å². The second-order valence-electron chi connectivity index (χ2n) is 3.74. The van der Waals surface area contributed by atoms with Crippen molar-refractivity contribution < 1.29 is 14.3 Å². The number of benzene rings is 1. The highest BCUT2D eigenvalue weighted by Crippen LogP contribution is 2.07. The van der Waals surface area contributed by atoms with Crippen LogP contribution in [-0.4, -0.2) is 18.4 Å². The zero-order valence-electron chi connectivity index (χ0n) is 11.2. The Kier molecular flexibility index (Phi) is 9.27. The summed E-state index contributed by atoms with van der Waals surface area (Å²) in [5, 5.41) is 2.71. The van der Waals surface area contributed by atoms with Crippen LogP contribution >= 0.6 is 0 Å². The molecule has 4 nitrogen and oxygen atoms in total. The Labute approximate surface area is 108 Å². The lowest BCUT2D eigenvalue weighted by molar-refractivity contribution is -0.131. The monoisotopic (exact) mass is 251 g/mol. The lowest BCUT2D eigenvalue weighted by Crippen LogP contribution is -2.20. The molecule has 0 saturated carbocycles. The summed E-state index contributed by atoms with van der Waals surface area (Å²) in [5.74, 6) is 0.375. The van der Waals surface area contributed by atoms with Crippen molar-refractivity contribution in [2.75, 3.05) is 6.54 Å². The van der Waals surface area contributed by atoms with E-state index in [9.17, 15) is 9.59 Å². The van der Waals surface area contributed by atoms with Gasteiger partial charge in [-0.1, -0.05) is 31.5 Å². The quantitative estimate of drug-likeness (QED) is 0.508. The molecule has 1 aromatic rings. The number of carbonyl (C=O) groups excluding carboxylic acids is 2. The first-order valence-electron chi connectivity index (χ1n) is 6.04. The average molecular weight is 251 g/mol. The fourth-order valence-electron chi connectivity index (χ4n) is 1.10. The maximum atomic E-state index is 10.4. The summed E-state index contributed by atoms with van der Waals surface area (Å²) in [6.07, 6.45) is 2.22. The Balaban J connectivity index is 0.000000331. The molecule has 0 unspecified atom stereocenters. The molecule has 1 amide bonds. The molecule has 0 aliphatic carbocycles. The van der Waals surface area contributed by atoms with Crippen LogP contribution in [0.3, 0.4) is 0 Å². The van der Waals surface area contributed by atoms with Gasteiger partial charge in [0.05, 0.1) is 0 Å². The highest BCUT2D eigenvalue weighted by molar-refractivity contribution is 5.72. The highest BCUT2D eigenvalue weighted by Gasteiger charge is 1.93. The lowest BCUT2D eigenvalue weighted by Gasteiger charge is -1.97. The van der Waals surface area contributed by atoms with Crippen LogP contribution in [0.25, 0.3) is 0 Å². The van der Waals surface area contributed by atoms with Crippen LogP contribution in [0.2, 0.25) is 0 Å². The number of ether oxygens (including phenoxy) is 1. The van der Waals surface area contributed by atoms with Crippen LogP contribution in [0.15, 0.2) is 30.3 Å². The van der Waals surface area contributed by atoms with Gasteiger partial charge in [0.2, 0.25) is 5.91 Å². The Bertz CT molecular complexity index is 349. The van der Waals surface area contributed by atoms with Gasteiger partial charge in [0, 0.05) is 20.4 Å². The normalized spacial score (nSPS) is 8.83. The zero-order chi connectivity index (χ0) is 13.8. The second kappa shape index (κ2) is 10.3. The van der Waals surface area contributed by atoms with Crippen molar-refractivity contribution in [1.82, 2.24) is 5.32 Å². The predicted molar refractivity (Wildman–Crippen MR) is 71.3 cm³/mol. The van der Waals surface area contributed by atoms with E-state index in [0.29, 0.717) is 5.75 Å². The molecular formula is C14H21NO3. The largest absolute Gasteiger partial charge is 0.427 e. The molecule has 0 atom stereocenters. The molecular weight excluding hydrogens is 230 g/mol. The average Bonchev–Trinajstić information content (AvgIpc) is 2.30. The van der Waals surface area contributed by atoms with E-state index in [1.807, 2.05) is 18.2 Å². The molecule has 0 spiro atoms. The van der Waals surface area contributed by atoms with Crippen molar-refractivity contribution in [3.63, 3.8) is 0 Å². The van der Waals surface area contributed by atoms with Gasteiger partial charge in [-0.2, -0.15) is 0 Å². The number of para-hydroxylation sites is 1. The smallest absolute Gasteiger partial charge is 0.308 e. The topological polar surface area (TPSA) is 55.4 Å². The minimum absolute atomic E-state index is 0.0680. The first kappa shape index (κ1) is 16.2. The van der Waals surface area contributed by atoms with Gasteiger partial charge in [0.15, 0.2) is 0 Å². The molecule has 4 heteroatoms. The molecule has 1 N–H and O–H groups in total. The van der Waals surface area contributed by atoms with E-state index in [0.717, 1.165) is 19.4 Å². The zero-order valence-corrected chi connectivity index (χ0v) is 11.2. The van der Waals surface area contributed by atoms with E-state index in [2.05, 4.69) is 12.2 Å². The van der Waals surface area contributed by atoms with Crippen LogP contribution < -0.4 is 10.1 Å². The maximum Gasteiger partial charge on any atom is 0.308 e. The van der Waals surface area contributed by atoms with Crippen molar-refractivity contribution in [3.8, 4) is 5.75 Å². The summed E-state index contributed by atoms with van der Waals surface area (Å²) in [6.45, 7) is 5.84. The summed E-state index contributed by atoms with van der Waals surface area (Å²) < 4.78 is 4.78. The third-order valence-electron chi connectivity index (χ3n) is 1.91. The molecule has 1 rings (SSSR count). The fourth-order valence-corrected chi connectivity index (χ4v) is 1.10. The lowest BCUT2D eigenvalue weighted by atomic mass is 10.3. The van der Waals surface area contributed by atoms with Gasteiger partial charge in [0.1, 0.15) is 5.75 Å². The third-order valence-corrected chi connectivity index (χ3v) is 1.91. The summed E-state index contributed by atoms with van der Waals surface area (Å²) in [5.41, 5.74) is 0. The summed E-state index contributed by atoms with van der Waals surface area (Å²) >= 11 is 0. The maximum absolute atomic E-state index is 10.4. The highest BCUT2D eigenvalue weighted by atomic mass is 16.5. The molecule has 0 fully saturated rings. The third kappa shape index (κ3) is 10.7. The summed E-state index contributed by atoms with van der Waals surface area (Å²) in [6, 6.07) is 8.98. The number of hydrogen-bond acceptors (Lipinski definition) is 3. The van der Waals surface area contributed by atoms with E-state index in [1.165, 1.54) is 13.8 Å². The molecule has 0 aliphatic rings. The summed E-state index contributed by atoms with van der Waals surface area (Å²) in [4.78, 5) is 20.6. The summed E-state index contributed by atoms with van der Waals surface area (Å²) in [7, 11) is 0. The van der Waals surface area contributed by atoms with Gasteiger partial charge < -0.3 is 10.1 Å². The van der Waals surface area contributed by atoms with E-state index in [-0.39, 0.29) is 11.9 Å². The molecule has 0 bridgehead atoms. The van der Waals surface area contributed by atoms with Crippen LogP contribution in [0.4, 0.5) is 0 Å². The van der Waals surface area contributed by atoms with Gasteiger partial charge >= 0.3 is 5.97 Å².